The molecule has 3 heteroatoms. The lowest BCUT2D eigenvalue weighted by Gasteiger charge is -2.45. The number of anilines is 9. The van der Waals surface area contributed by atoms with E-state index in [0.717, 1.165) is 39.8 Å². The largest absolute Gasteiger partial charge is 0.310 e. The molecule has 3 nitrogen and oxygen atoms in total. The van der Waals surface area contributed by atoms with Gasteiger partial charge in [0.15, 0.2) is 0 Å². The summed E-state index contributed by atoms with van der Waals surface area (Å²) >= 11 is 0. The third-order valence-electron chi connectivity index (χ3n) is 15.9. The van der Waals surface area contributed by atoms with Crippen LogP contribution in [-0.4, -0.2) is 0 Å². The van der Waals surface area contributed by atoms with Crippen LogP contribution in [0.15, 0.2) is 237 Å². The van der Waals surface area contributed by atoms with E-state index in [1.165, 1.54) is 88.6 Å². The van der Waals surface area contributed by atoms with Crippen LogP contribution >= 0.6 is 0 Å². The normalized spacial score (nSPS) is 13.1. The highest BCUT2D eigenvalue weighted by molar-refractivity contribution is 6.19. The fraction of sp³-hybridized carbons (Fsp3) is 0.127. The standard InChI is InChI=1S/C71H59N3/c1-46(2)50-32-40-55(41-33-50)72(53-36-28-48(5)29-37-53)67-44-63-69(59-22-12-10-20-57(59)67)70-60-23-13-11-21-58(60)68(73(54-38-30-49(6)31-39-54)56-42-34-51(35-43-56)47(3)4)45-64(70)71(63)61-24-14-16-26-65(61)74(52-18-8-7-9-19-52)66-27-17-15-25-62(66)71/h7-47H,1-6H3. The first-order valence-electron chi connectivity index (χ1n) is 26.3. The first-order chi connectivity index (χ1) is 36.2. The summed E-state index contributed by atoms with van der Waals surface area (Å²) in [5.74, 6) is 0.831. The summed E-state index contributed by atoms with van der Waals surface area (Å²) in [7, 11) is 0. The summed E-state index contributed by atoms with van der Waals surface area (Å²) in [6.07, 6.45) is 0. The van der Waals surface area contributed by atoms with Crippen molar-refractivity contribution in [3.05, 3.63) is 281 Å². The van der Waals surface area contributed by atoms with E-state index in [0.29, 0.717) is 11.8 Å². The molecule has 1 aliphatic carbocycles. The van der Waals surface area contributed by atoms with E-state index in [-0.39, 0.29) is 0 Å². The molecule has 0 bridgehead atoms. The second-order valence-corrected chi connectivity index (χ2v) is 21.0. The lowest BCUT2D eigenvalue weighted by Crippen LogP contribution is -2.36. The topological polar surface area (TPSA) is 9.72 Å². The lowest BCUT2D eigenvalue weighted by molar-refractivity contribution is 0.753. The van der Waals surface area contributed by atoms with Crippen LogP contribution in [0.5, 0.6) is 0 Å². The van der Waals surface area contributed by atoms with Crippen molar-refractivity contribution in [2.45, 2.75) is 58.8 Å². The Hall–Kier alpha value is -8.66. The van der Waals surface area contributed by atoms with Gasteiger partial charge in [-0.05, 0) is 166 Å². The molecule has 0 saturated heterocycles. The molecule has 0 aromatic heterocycles. The van der Waals surface area contributed by atoms with E-state index in [2.05, 4.69) is 293 Å². The predicted molar refractivity (Wildman–Crippen MR) is 314 cm³/mol. The maximum Gasteiger partial charge on any atom is 0.0756 e. The number of para-hydroxylation sites is 3. The summed E-state index contributed by atoms with van der Waals surface area (Å²) in [6.45, 7) is 13.4. The third kappa shape index (κ3) is 7.01. The average Bonchev–Trinajstić information content (AvgIpc) is 3.86. The molecule has 0 N–H and O–H groups in total. The van der Waals surface area contributed by atoms with E-state index in [1.807, 2.05) is 0 Å². The molecule has 11 aromatic rings. The highest BCUT2D eigenvalue weighted by Crippen LogP contribution is 2.67. The van der Waals surface area contributed by atoms with Gasteiger partial charge in [-0.2, -0.15) is 0 Å². The Kier molecular flexibility index (Phi) is 10.9. The maximum absolute atomic E-state index is 2.58. The van der Waals surface area contributed by atoms with Gasteiger partial charge in [-0.1, -0.05) is 190 Å². The number of hydrogen-bond acceptors (Lipinski definition) is 3. The minimum Gasteiger partial charge on any atom is -0.310 e. The molecule has 0 unspecified atom stereocenters. The SMILES string of the molecule is Cc1ccc(N(c2ccc(C(C)C)cc2)c2cc3c(c4ccccc24)-c2c(cc(N(c4ccc(C)cc4)c4ccc(C(C)C)cc4)c4ccccc24)C32c3ccccc3N(c3ccccc3)c3ccccc32)cc1. The van der Waals surface area contributed by atoms with Crippen LogP contribution in [0.3, 0.4) is 0 Å². The summed E-state index contributed by atoms with van der Waals surface area (Å²) in [6, 6.07) is 89.5. The quantitative estimate of drug-likeness (QED) is 0.143. The van der Waals surface area contributed by atoms with Crippen LogP contribution in [0.1, 0.15) is 84.0 Å². The first kappa shape index (κ1) is 45.2. The van der Waals surface area contributed by atoms with Crippen molar-refractivity contribution < 1.29 is 0 Å². The molecule has 74 heavy (non-hydrogen) atoms. The van der Waals surface area contributed by atoms with Crippen molar-refractivity contribution in [3.63, 3.8) is 0 Å². The molecule has 1 spiro atoms. The maximum atomic E-state index is 2.58. The van der Waals surface area contributed by atoms with E-state index in [1.54, 1.807) is 0 Å². The van der Waals surface area contributed by atoms with Crippen LogP contribution in [0.25, 0.3) is 32.7 Å². The third-order valence-corrected chi connectivity index (χ3v) is 15.9. The van der Waals surface area contributed by atoms with Gasteiger partial charge in [0.25, 0.3) is 0 Å². The van der Waals surface area contributed by atoms with E-state index >= 15 is 0 Å². The Morgan fingerprint density at radius 3 is 1.07 bits per heavy atom. The van der Waals surface area contributed by atoms with Gasteiger partial charge >= 0.3 is 0 Å². The van der Waals surface area contributed by atoms with Crippen molar-refractivity contribution >= 4 is 72.7 Å². The van der Waals surface area contributed by atoms with E-state index in [4.69, 9.17) is 0 Å². The molecule has 0 fully saturated rings. The molecule has 358 valence electrons. The van der Waals surface area contributed by atoms with Crippen LogP contribution in [0.4, 0.5) is 51.2 Å². The van der Waals surface area contributed by atoms with E-state index < -0.39 is 5.41 Å². The number of fused-ring (bicyclic) bond motifs is 13. The summed E-state index contributed by atoms with van der Waals surface area (Å²) in [5.41, 5.74) is 22.2. The molecule has 0 amide bonds. The molecule has 1 heterocycles. The zero-order valence-electron chi connectivity index (χ0n) is 43.0. The van der Waals surface area contributed by atoms with Crippen molar-refractivity contribution in [1.29, 1.82) is 0 Å². The Balaban J connectivity index is 1.20. The lowest BCUT2D eigenvalue weighted by atomic mass is 9.64. The zero-order chi connectivity index (χ0) is 50.2. The molecule has 1 aliphatic heterocycles. The Morgan fingerprint density at radius 2 is 0.676 bits per heavy atom. The predicted octanol–water partition coefficient (Wildman–Crippen LogP) is 19.9. The summed E-state index contributed by atoms with van der Waals surface area (Å²) in [4.78, 5) is 7.49. The zero-order valence-corrected chi connectivity index (χ0v) is 43.0. The molecule has 0 saturated carbocycles. The second kappa shape index (κ2) is 17.8. The Labute approximate surface area is 436 Å². The highest BCUT2D eigenvalue weighted by Gasteiger charge is 2.53. The Bertz CT molecular complexity index is 3670. The fourth-order valence-corrected chi connectivity index (χ4v) is 12.3. The summed E-state index contributed by atoms with van der Waals surface area (Å²) in [5, 5.41) is 4.86. The van der Waals surface area contributed by atoms with Gasteiger partial charge in [0.1, 0.15) is 0 Å². The molecule has 13 rings (SSSR count). The Morgan fingerprint density at radius 1 is 0.338 bits per heavy atom. The van der Waals surface area contributed by atoms with E-state index in [9.17, 15) is 0 Å². The van der Waals surface area contributed by atoms with Crippen molar-refractivity contribution in [3.8, 4) is 11.1 Å². The van der Waals surface area contributed by atoms with Crippen LogP contribution in [0, 0.1) is 13.8 Å². The molecule has 0 atom stereocenters. The van der Waals surface area contributed by atoms with Gasteiger partial charge in [0, 0.05) is 39.2 Å². The number of benzene rings is 11. The molecular weight excluding hydrogens is 895 g/mol. The molecular formula is C71H59N3. The molecule has 2 aliphatic rings. The van der Waals surface area contributed by atoms with Gasteiger partial charge in [-0.15, -0.1) is 0 Å². The van der Waals surface area contributed by atoms with Crippen molar-refractivity contribution in [1.82, 2.24) is 0 Å². The number of rotatable bonds is 9. The van der Waals surface area contributed by atoms with Gasteiger partial charge in [0.05, 0.1) is 28.2 Å². The molecule has 0 radical (unpaired) electrons. The van der Waals surface area contributed by atoms with Gasteiger partial charge in [0.2, 0.25) is 0 Å². The number of nitrogens with zero attached hydrogens (tertiary/aromatic N) is 3. The highest BCUT2D eigenvalue weighted by atomic mass is 15.2. The fourth-order valence-electron chi connectivity index (χ4n) is 12.3. The first-order valence-corrected chi connectivity index (χ1v) is 26.3. The van der Waals surface area contributed by atoms with Gasteiger partial charge in [-0.25, -0.2) is 0 Å². The van der Waals surface area contributed by atoms with Crippen molar-refractivity contribution in [2.24, 2.45) is 0 Å². The smallest absolute Gasteiger partial charge is 0.0756 e. The monoisotopic (exact) mass is 953 g/mol. The van der Waals surface area contributed by atoms with Crippen LogP contribution in [-0.2, 0) is 5.41 Å². The van der Waals surface area contributed by atoms with Crippen molar-refractivity contribution in [2.75, 3.05) is 14.7 Å². The molecule has 11 aromatic carbocycles. The second-order valence-electron chi connectivity index (χ2n) is 21.0. The minimum absolute atomic E-state index is 0.416. The number of hydrogen-bond donors (Lipinski definition) is 0. The number of aryl methyl sites for hydroxylation is 2. The van der Waals surface area contributed by atoms with Gasteiger partial charge < -0.3 is 14.7 Å². The average molecular weight is 954 g/mol. The summed E-state index contributed by atoms with van der Waals surface area (Å²) < 4.78 is 0. The van der Waals surface area contributed by atoms with Crippen LogP contribution < -0.4 is 14.7 Å². The van der Waals surface area contributed by atoms with Crippen LogP contribution in [0.2, 0.25) is 0 Å². The minimum atomic E-state index is -0.776. The van der Waals surface area contributed by atoms with Gasteiger partial charge in [-0.3, -0.25) is 0 Å².